The summed E-state index contributed by atoms with van der Waals surface area (Å²) in [5, 5.41) is 6.14. The SMILES string of the molecule is CNC(=O)c1c(-c2ccc(F)cc2)oc2cc(N(C)S(C)(=O)=O)c(-c3ccc4c(n3)-c3cc5c(F)cccc5n3C(CNC(=O)C3CCCN3C(=O)OC)O4)cc12. The third kappa shape index (κ3) is 6.46. The zero-order valence-electron chi connectivity index (χ0n) is 31.1. The molecule has 294 valence electrons. The molecule has 1 saturated heterocycles. The van der Waals surface area contributed by atoms with Crippen molar-refractivity contribution in [2.24, 2.45) is 0 Å². The van der Waals surface area contributed by atoms with Crippen molar-refractivity contribution in [1.29, 1.82) is 0 Å². The summed E-state index contributed by atoms with van der Waals surface area (Å²) in [4.78, 5) is 45.4. The van der Waals surface area contributed by atoms with Crippen molar-refractivity contribution in [2.75, 3.05) is 44.9 Å². The largest absolute Gasteiger partial charge is 0.466 e. The summed E-state index contributed by atoms with van der Waals surface area (Å²) in [6.45, 7) is 0.341. The van der Waals surface area contributed by atoms with Crippen LogP contribution in [0.3, 0.4) is 0 Å². The van der Waals surface area contributed by atoms with Crippen LogP contribution in [0, 0.1) is 11.6 Å². The number of methoxy groups -OCH3 is 1. The highest BCUT2D eigenvalue weighted by atomic mass is 32.2. The van der Waals surface area contributed by atoms with Gasteiger partial charge in [-0.1, -0.05) is 6.07 Å². The predicted molar refractivity (Wildman–Crippen MR) is 207 cm³/mol. The molecule has 2 unspecified atom stereocenters. The van der Waals surface area contributed by atoms with Crippen LogP contribution in [0.5, 0.6) is 5.75 Å². The number of likely N-dealkylation sites (tertiary alicyclic amines) is 1. The molecule has 3 aromatic carbocycles. The molecule has 1 fully saturated rings. The van der Waals surface area contributed by atoms with E-state index in [4.69, 9.17) is 18.9 Å². The number of pyridine rings is 1. The van der Waals surface area contributed by atoms with Crippen LogP contribution in [-0.2, 0) is 19.6 Å². The van der Waals surface area contributed by atoms with Gasteiger partial charge in [0, 0.05) is 48.6 Å². The van der Waals surface area contributed by atoms with Crippen LogP contribution in [0.2, 0.25) is 0 Å². The minimum Gasteiger partial charge on any atom is -0.466 e. The molecule has 14 nitrogen and oxygen atoms in total. The first kappa shape index (κ1) is 37.4. The lowest BCUT2D eigenvalue weighted by atomic mass is 10.0. The number of halogens is 2. The summed E-state index contributed by atoms with van der Waals surface area (Å²) in [5.41, 5.74) is 2.76. The fraction of sp³-hybridized carbons (Fsp3) is 0.250. The zero-order valence-corrected chi connectivity index (χ0v) is 31.9. The van der Waals surface area contributed by atoms with Gasteiger partial charge in [0.15, 0.2) is 6.23 Å². The molecule has 2 aliphatic heterocycles. The van der Waals surface area contributed by atoms with Gasteiger partial charge in [-0.05, 0) is 73.5 Å². The van der Waals surface area contributed by atoms with Gasteiger partial charge in [-0.15, -0.1) is 0 Å². The number of aromatic nitrogens is 2. The van der Waals surface area contributed by atoms with Gasteiger partial charge in [-0.2, -0.15) is 0 Å². The Hall–Kier alpha value is -6.49. The Morgan fingerprint density at radius 2 is 1.81 bits per heavy atom. The molecule has 17 heteroatoms. The highest BCUT2D eigenvalue weighted by molar-refractivity contribution is 7.92. The number of sulfonamides is 1. The molecule has 0 bridgehead atoms. The summed E-state index contributed by atoms with van der Waals surface area (Å²) in [5.74, 6) is -1.40. The van der Waals surface area contributed by atoms with E-state index in [1.807, 2.05) is 0 Å². The van der Waals surface area contributed by atoms with Gasteiger partial charge in [-0.25, -0.2) is 27.0 Å². The number of furan rings is 1. The van der Waals surface area contributed by atoms with Gasteiger partial charge in [0.25, 0.3) is 5.91 Å². The Balaban J connectivity index is 1.25. The quantitative estimate of drug-likeness (QED) is 0.186. The van der Waals surface area contributed by atoms with Gasteiger partial charge < -0.3 is 29.1 Å². The fourth-order valence-corrected chi connectivity index (χ4v) is 8.04. The predicted octanol–water partition coefficient (Wildman–Crippen LogP) is 6.06. The van der Waals surface area contributed by atoms with Crippen LogP contribution >= 0.6 is 0 Å². The van der Waals surface area contributed by atoms with Crippen LogP contribution < -0.4 is 19.7 Å². The Morgan fingerprint density at radius 1 is 1.04 bits per heavy atom. The van der Waals surface area contributed by atoms with E-state index in [0.29, 0.717) is 58.6 Å². The van der Waals surface area contributed by atoms with E-state index in [1.165, 1.54) is 62.5 Å². The molecule has 0 spiro atoms. The maximum atomic E-state index is 15.4. The Bertz CT molecular complexity index is 2730. The summed E-state index contributed by atoms with van der Waals surface area (Å²) in [6, 6.07) is 17.3. The second-order valence-electron chi connectivity index (χ2n) is 13.7. The second-order valence-corrected chi connectivity index (χ2v) is 15.8. The standard InChI is InChI=1S/C40H36F2N6O8S/c1-43-39(50)35-25-17-24(30(46(2)57(4,52)53)19-33(25)56-37(35)21-10-12-22(41)13-11-21)27-14-15-32-36(45-27)31-18-23-26(42)7-5-8-28(23)48(31)34(55-32)20-44-38(49)29-9-6-16-47(29)40(51)54-3/h5,7-8,10-15,17-19,29,34H,6,9,16,20H2,1-4H3,(H,43,50)(H,44,49). The van der Waals surface area contributed by atoms with Crippen LogP contribution in [0.15, 0.2) is 77.2 Å². The summed E-state index contributed by atoms with van der Waals surface area (Å²) >= 11 is 0. The molecular weight excluding hydrogens is 763 g/mol. The molecule has 0 radical (unpaired) electrons. The molecule has 2 aliphatic rings. The number of hydrogen-bond acceptors (Lipinski definition) is 9. The van der Waals surface area contributed by atoms with Gasteiger partial charge in [0.2, 0.25) is 15.9 Å². The van der Waals surface area contributed by atoms with E-state index >= 15 is 4.39 Å². The van der Waals surface area contributed by atoms with Crippen molar-refractivity contribution in [3.05, 3.63) is 90.0 Å². The summed E-state index contributed by atoms with van der Waals surface area (Å²) in [6.07, 6.45) is 0.693. The number of benzene rings is 3. The highest BCUT2D eigenvalue weighted by Gasteiger charge is 2.37. The molecule has 0 saturated carbocycles. The average Bonchev–Trinajstić information content (AvgIpc) is 3.95. The Labute approximate surface area is 325 Å². The lowest BCUT2D eigenvalue weighted by molar-refractivity contribution is -0.125. The maximum Gasteiger partial charge on any atom is 0.410 e. The molecular formula is C40H36F2N6O8S. The summed E-state index contributed by atoms with van der Waals surface area (Å²) in [7, 11) is 0.240. The highest BCUT2D eigenvalue weighted by Crippen LogP contribution is 2.45. The first-order valence-electron chi connectivity index (χ1n) is 17.9. The number of amides is 3. The van der Waals surface area contributed by atoms with E-state index in [1.54, 1.807) is 41.0 Å². The van der Waals surface area contributed by atoms with Crippen molar-refractivity contribution >= 4 is 55.5 Å². The minimum absolute atomic E-state index is 0.0437. The van der Waals surface area contributed by atoms with E-state index in [2.05, 4.69) is 10.6 Å². The number of rotatable bonds is 8. The molecule has 3 amide bonds. The van der Waals surface area contributed by atoms with E-state index in [0.717, 1.165) is 10.6 Å². The lowest BCUT2D eigenvalue weighted by Gasteiger charge is -2.30. The molecule has 2 N–H and O–H groups in total. The number of fused-ring (bicyclic) bond motifs is 6. The van der Waals surface area contributed by atoms with E-state index in [-0.39, 0.29) is 46.1 Å². The minimum atomic E-state index is -3.85. The first-order chi connectivity index (χ1) is 27.3. The molecule has 6 aromatic rings. The fourth-order valence-electron chi connectivity index (χ4n) is 7.53. The number of ether oxygens (including phenoxy) is 2. The van der Waals surface area contributed by atoms with E-state index < -0.39 is 45.9 Å². The van der Waals surface area contributed by atoms with Crippen LogP contribution in [0.4, 0.5) is 19.3 Å². The van der Waals surface area contributed by atoms with Gasteiger partial charge >= 0.3 is 6.09 Å². The van der Waals surface area contributed by atoms with Gasteiger partial charge in [-0.3, -0.25) is 18.8 Å². The number of carbonyl (C=O) groups is 3. The van der Waals surface area contributed by atoms with Crippen LogP contribution in [0.25, 0.3) is 55.8 Å². The van der Waals surface area contributed by atoms with Gasteiger partial charge in [0.1, 0.15) is 40.5 Å². The van der Waals surface area contributed by atoms with Gasteiger partial charge in [0.05, 0.1) is 48.1 Å². The number of carbonyl (C=O) groups excluding carboxylic acids is 3. The third-order valence-corrected chi connectivity index (χ3v) is 11.6. The van der Waals surface area contributed by atoms with Crippen molar-refractivity contribution in [3.63, 3.8) is 0 Å². The lowest BCUT2D eigenvalue weighted by Crippen LogP contribution is -2.47. The third-order valence-electron chi connectivity index (χ3n) is 10.4. The van der Waals surface area contributed by atoms with Crippen LogP contribution in [-0.4, -0.2) is 87.4 Å². The molecule has 0 aliphatic carbocycles. The number of nitrogens with zero attached hydrogens (tertiary/aromatic N) is 4. The van der Waals surface area contributed by atoms with Crippen molar-refractivity contribution < 1.29 is 45.5 Å². The van der Waals surface area contributed by atoms with E-state index in [9.17, 15) is 27.2 Å². The topological polar surface area (TPSA) is 165 Å². The smallest absolute Gasteiger partial charge is 0.410 e. The number of anilines is 1. The molecule has 8 rings (SSSR count). The molecule has 2 atom stereocenters. The van der Waals surface area contributed by atoms with Crippen molar-refractivity contribution in [1.82, 2.24) is 25.1 Å². The summed E-state index contributed by atoms with van der Waals surface area (Å²) < 4.78 is 75.6. The molecule has 57 heavy (non-hydrogen) atoms. The first-order valence-corrected chi connectivity index (χ1v) is 19.8. The molecule has 5 heterocycles. The average molecular weight is 799 g/mol. The monoisotopic (exact) mass is 798 g/mol. The van der Waals surface area contributed by atoms with Crippen LogP contribution in [0.1, 0.15) is 29.4 Å². The maximum absolute atomic E-state index is 15.4. The zero-order chi connectivity index (χ0) is 40.3. The second kappa shape index (κ2) is 14.2. The van der Waals surface area contributed by atoms with Crippen molar-refractivity contribution in [2.45, 2.75) is 25.1 Å². The number of nitrogens with one attached hydrogen (secondary N) is 2. The Morgan fingerprint density at radius 3 is 2.53 bits per heavy atom. The van der Waals surface area contributed by atoms with Crippen molar-refractivity contribution in [3.8, 4) is 39.7 Å². The number of hydrogen-bond donors (Lipinski definition) is 2. The Kier molecular flexibility index (Phi) is 9.34. The molecule has 3 aromatic heterocycles. The normalized spacial score (nSPS) is 16.2.